The van der Waals surface area contributed by atoms with Gasteiger partial charge in [-0.2, -0.15) is 0 Å². The second kappa shape index (κ2) is 7.56. The molecule has 7 nitrogen and oxygen atoms in total. The van der Waals surface area contributed by atoms with E-state index in [1.54, 1.807) is 30.0 Å². The van der Waals surface area contributed by atoms with Gasteiger partial charge in [0.15, 0.2) is 0 Å². The van der Waals surface area contributed by atoms with Crippen molar-refractivity contribution in [3.8, 4) is 0 Å². The van der Waals surface area contributed by atoms with Crippen molar-refractivity contribution in [1.29, 1.82) is 0 Å². The molecule has 0 heterocycles. The maximum atomic E-state index is 11.0. The van der Waals surface area contributed by atoms with Gasteiger partial charge in [0.1, 0.15) is 0 Å². The zero-order valence-electron chi connectivity index (χ0n) is 11.5. The molecule has 20 heavy (non-hydrogen) atoms. The van der Waals surface area contributed by atoms with Crippen molar-refractivity contribution in [3.63, 3.8) is 0 Å². The maximum absolute atomic E-state index is 11.0. The third kappa shape index (κ3) is 4.29. The Morgan fingerprint density at radius 1 is 1.50 bits per heavy atom. The maximum Gasteiger partial charge on any atom is 0.317 e. The van der Waals surface area contributed by atoms with Crippen molar-refractivity contribution >= 4 is 11.7 Å². The van der Waals surface area contributed by atoms with Gasteiger partial charge in [-0.25, -0.2) is 0 Å². The fourth-order valence-electron chi connectivity index (χ4n) is 2.00. The number of nitro benzene ring substituents is 1. The summed E-state index contributed by atoms with van der Waals surface area (Å²) < 4.78 is 4.95. The first-order valence-corrected chi connectivity index (χ1v) is 6.15. The van der Waals surface area contributed by atoms with Gasteiger partial charge in [0, 0.05) is 31.3 Å². The van der Waals surface area contributed by atoms with Gasteiger partial charge in [-0.1, -0.05) is 18.2 Å². The van der Waals surface area contributed by atoms with Crippen molar-refractivity contribution in [2.75, 3.05) is 26.8 Å². The first-order valence-electron chi connectivity index (χ1n) is 6.15. The number of hydrogen-bond acceptors (Lipinski definition) is 5. The van der Waals surface area contributed by atoms with E-state index in [0.29, 0.717) is 18.7 Å². The van der Waals surface area contributed by atoms with Crippen molar-refractivity contribution in [2.24, 2.45) is 0 Å². The minimum atomic E-state index is -0.980. The zero-order chi connectivity index (χ0) is 15.1. The predicted molar refractivity (Wildman–Crippen MR) is 72.6 cm³/mol. The van der Waals surface area contributed by atoms with E-state index >= 15 is 0 Å². The van der Waals surface area contributed by atoms with Gasteiger partial charge in [-0.15, -0.1) is 0 Å². The van der Waals surface area contributed by atoms with Crippen LogP contribution in [-0.2, 0) is 9.53 Å². The molecule has 0 aliphatic rings. The van der Waals surface area contributed by atoms with Crippen LogP contribution in [0.25, 0.3) is 0 Å². The highest BCUT2D eigenvalue weighted by Gasteiger charge is 2.24. The number of carboxylic acid groups (broad SMARTS) is 1. The summed E-state index contributed by atoms with van der Waals surface area (Å²) in [4.78, 5) is 23.1. The molecule has 0 aliphatic heterocycles. The molecule has 0 saturated heterocycles. The molecule has 0 bridgehead atoms. The summed E-state index contributed by atoms with van der Waals surface area (Å²) in [7, 11) is 1.52. The largest absolute Gasteiger partial charge is 0.480 e. The molecule has 0 radical (unpaired) electrons. The number of ether oxygens (including phenoxy) is 1. The van der Waals surface area contributed by atoms with E-state index in [-0.39, 0.29) is 18.3 Å². The van der Waals surface area contributed by atoms with E-state index in [9.17, 15) is 14.9 Å². The van der Waals surface area contributed by atoms with E-state index in [1.807, 2.05) is 0 Å². The van der Waals surface area contributed by atoms with Crippen LogP contribution in [0, 0.1) is 10.1 Å². The number of nitrogens with zero attached hydrogens (tertiary/aromatic N) is 2. The van der Waals surface area contributed by atoms with Crippen LogP contribution >= 0.6 is 0 Å². The van der Waals surface area contributed by atoms with Crippen LogP contribution < -0.4 is 0 Å². The Labute approximate surface area is 116 Å². The second-order valence-electron chi connectivity index (χ2n) is 4.35. The lowest BCUT2D eigenvalue weighted by Gasteiger charge is -2.27. The summed E-state index contributed by atoms with van der Waals surface area (Å²) in [6.07, 6.45) is 0. The van der Waals surface area contributed by atoms with Gasteiger partial charge < -0.3 is 9.84 Å². The summed E-state index contributed by atoms with van der Waals surface area (Å²) in [5.41, 5.74) is 0.489. The number of rotatable bonds is 8. The molecule has 0 fully saturated rings. The molecule has 1 rings (SSSR count). The Morgan fingerprint density at radius 2 is 2.15 bits per heavy atom. The Hall–Kier alpha value is -1.99. The lowest BCUT2D eigenvalue weighted by Crippen LogP contribution is -2.35. The van der Waals surface area contributed by atoms with Crippen molar-refractivity contribution in [3.05, 3.63) is 39.9 Å². The Morgan fingerprint density at radius 3 is 2.70 bits per heavy atom. The summed E-state index contributed by atoms with van der Waals surface area (Å²) in [5, 5.41) is 20.0. The Kier molecular flexibility index (Phi) is 6.08. The fourth-order valence-corrected chi connectivity index (χ4v) is 2.00. The first kappa shape index (κ1) is 16.1. The van der Waals surface area contributed by atoms with Crippen molar-refractivity contribution in [2.45, 2.75) is 13.0 Å². The summed E-state index contributed by atoms with van der Waals surface area (Å²) >= 11 is 0. The number of benzene rings is 1. The molecular weight excluding hydrogens is 264 g/mol. The van der Waals surface area contributed by atoms with Gasteiger partial charge in [-0.05, 0) is 6.92 Å². The van der Waals surface area contributed by atoms with Gasteiger partial charge in [0.25, 0.3) is 5.69 Å². The highest BCUT2D eigenvalue weighted by molar-refractivity contribution is 5.69. The van der Waals surface area contributed by atoms with Gasteiger partial charge in [0.05, 0.1) is 18.1 Å². The zero-order valence-corrected chi connectivity index (χ0v) is 11.5. The quantitative estimate of drug-likeness (QED) is 0.576. The van der Waals surface area contributed by atoms with Crippen LogP contribution in [0.4, 0.5) is 5.69 Å². The third-order valence-corrected chi connectivity index (χ3v) is 3.05. The van der Waals surface area contributed by atoms with Crippen molar-refractivity contribution in [1.82, 2.24) is 4.90 Å². The van der Waals surface area contributed by atoms with Crippen LogP contribution in [0.3, 0.4) is 0 Å². The molecule has 110 valence electrons. The summed E-state index contributed by atoms with van der Waals surface area (Å²) in [5.74, 6) is -0.980. The molecule has 1 unspecified atom stereocenters. The van der Waals surface area contributed by atoms with Gasteiger partial charge >= 0.3 is 5.97 Å². The Balaban J connectivity index is 3.01. The van der Waals surface area contributed by atoms with Gasteiger partial charge in [-0.3, -0.25) is 19.8 Å². The van der Waals surface area contributed by atoms with Crippen LogP contribution in [0.15, 0.2) is 24.3 Å². The molecule has 0 aromatic heterocycles. The number of para-hydroxylation sites is 1. The highest BCUT2D eigenvalue weighted by atomic mass is 16.6. The minimum absolute atomic E-state index is 0.00666. The van der Waals surface area contributed by atoms with E-state index < -0.39 is 10.9 Å². The molecule has 0 amide bonds. The molecule has 1 N–H and O–H groups in total. The van der Waals surface area contributed by atoms with Crippen LogP contribution in [-0.4, -0.2) is 47.7 Å². The average Bonchev–Trinajstić information content (AvgIpc) is 2.42. The number of carbonyl (C=O) groups is 1. The molecule has 0 aliphatic carbocycles. The third-order valence-electron chi connectivity index (χ3n) is 3.05. The normalized spacial score (nSPS) is 12.3. The number of nitro groups is 1. The smallest absolute Gasteiger partial charge is 0.317 e. The number of carboxylic acids is 1. The van der Waals surface area contributed by atoms with Crippen LogP contribution in [0.2, 0.25) is 0 Å². The minimum Gasteiger partial charge on any atom is -0.480 e. The standard InChI is InChI=1S/C13H18N2O5/c1-10(14(7-8-20-2)9-13(16)17)11-5-3-4-6-12(11)15(18)19/h3-6,10H,7-9H2,1-2H3,(H,16,17). The number of aliphatic carboxylic acids is 1. The van der Waals surface area contributed by atoms with Crippen molar-refractivity contribution < 1.29 is 19.6 Å². The summed E-state index contributed by atoms with van der Waals surface area (Å²) in [6, 6.07) is 5.97. The molecule has 1 aromatic carbocycles. The molecule has 1 aromatic rings. The molecule has 1 atom stereocenters. The molecule has 7 heteroatoms. The second-order valence-corrected chi connectivity index (χ2v) is 4.35. The number of hydrogen-bond donors (Lipinski definition) is 1. The lowest BCUT2D eigenvalue weighted by molar-refractivity contribution is -0.386. The average molecular weight is 282 g/mol. The predicted octanol–water partition coefficient (Wildman–Crippen LogP) is 1.69. The van der Waals surface area contributed by atoms with Gasteiger partial charge in [0.2, 0.25) is 0 Å². The topological polar surface area (TPSA) is 92.9 Å². The highest BCUT2D eigenvalue weighted by Crippen LogP contribution is 2.28. The monoisotopic (exact) mass is 282 g/mol. The summed E-state index contributed by atoms with van der Waals surface area (Å²) in [6.45, 7) is 2.30. The SMILES string of the molecule is COCCN(CC(=O)O)C(C)c1ccccc1[N+](=O)[O-]. The van der Waals surface area contributed by atoms with Crippen LogP contribution in [0.5, 0.6) is 0 Å². The van der Waals surface area contributed by atoms with E-state index in [1.165, 1.54) is 13.2 Å². The van der Waals surface area contributed by atoms with E-state index in [0.717, 1.165) is 0 Å². The molecule has 0 saturated carbocycles. The van der Waals surface area contributed by atoms with E-state index in [4.69, 9.17) is 9.84 Å². The lowest BCUT2D eigenvalue weighted by atomic mass is 10.0. The Bertz CT molecular complexity index is 478. The first-order chi connectivity index (χ1) is 9.47. The van der Waals surface area contributed by atoms with E-state index in [2.05, 4.69) is 0 Å². The van der Waals surface area contributed by atoms with Crippen LogP contribution in [0.1, 0.15) is 18.5 Å². The molecular formula is C13H18N2O5. The molecule has 0 spiro atoms. The number of methoxy groups -OCH3 is 1. The fraction of sp³-hybridized carbons (Fsp3) is 0.462.